The van der Waals surface area contributed by atoms with Gasteiger partial charge in [0.15, 0.2) is 0 Å². The highest BCUT2D eigenvalue weighted by Crippen LogP contribution is 2.46. The number of rotatable bonds is 10. The average Bonchev–Trinajstić information content (AvgIpc) is 3.89. The maximum Gasteiger partial charge on any atom is 0.0620 e. The molecule has 11 rings (SSSR count). The highest BCUT2D eigenvalue weighted by Gasteiger charge is 2.25. The predicted molar refractivity (Wildman–Crippen MR) is 274 cm³/mol. The van der Waals surface area contributed by atoms with Crippen LogP contribution in [0.4, 0.5) is 17.1 Å². The highest BCUT2D eigenvalue weighted by molar-refractivity contribution is 6.19. The van der Waals surface area contributed by atoms with Gasteiger partial charge in [-0.25, -0.2) is 0 Å². The number of hydrogen-bond acceptors (Lipinski definition) is 1. The molecular weight excluding hydrogens is 775 g/mol. The Morgan fingerprint density at radius 2 is 0.938 bits per heavy atom. The van der Waals surface area contributed by atoms with E-state index in [1.807, 2.05) is 13.0 Å². The molecule has 2 aromatic heterocycles. The highest BCUT2D eigenvalue weighted by atomic mass is 15.1. The van der Waals surface area contributed by atoms with Gasteiger partial charge in [0, 0.05) is 55.5 Å². The molecule has 304 valence electrons. The Balaban J connectivity index is 1.07. The molecule has 64 heavy (non-hydrogen) atoms. The second-order valence-corrected chi connectivity index (χ2v) is 16.1. The normalized spacial score (nSPS) is 11.8. The molecule has 0 N–H and O–H groups in total. The van der Waals surface area contributed by atoms with Gasteiger partial charge in [-0.05, 0) is 113 Å². The molecule has 0 bridgehead atoms. The number of hydrogen-bond donors (Lipinski definition) is 0. The average molecular weight is 820 g/mol. The minimum atomic E-state index is 0.941. The molecule has 0 aliphatic heterocycles. The Hall–Kier alpha value is -8.40. The number of allylic oxidation sites excluding steroid dienone is 5. The van der Waals surface area contributed by atoms with Crippen molar-refractivity contribution in [2.24, 2.45) is 0 Å². The van der Waals surface area contributed by atoms with Crippen molar-refractivity contribution < 1.29 is 0 Å². The van der Waals surface area contributed by atoms with E-state index in [0.29, 0.717) is 0 Å². The van der Waals surface area contributed by atoms with E-state index < -0.39 is 0 Å². The largest absolute Gasteiger partial charge is 0.311 e. The van der Waals surface area contributed by atoms with Crippen molar-refractivity contribution in [2.75, 3.05) is 4.90 Å². The molecule has 0 fully saturated rings. The smallest absolute Gasteiger partial charge is 0.0620 e. The van der Waals surface area contributed by atoms with Crippen molar-refractivity contribution >= 4 is 66.1 Å². The van der Waals surface area contributed by atoms with Crippen molar-refractivity contribution in [3.8, 4) is 33.6 Å². The lowest BCUT2D eigenvalue weighted by Gasteiger charge is -2.26. The lowest BCUT2D eigenvalue weighted by atomic mass is 9.92. The van der Waals surface area contributed by atoms with E-state index in [1.54, 1.807) is 0 Å². The van der Waals surface area contributed by atoms with Gasteiger partial charge in [-0.2, -0.15) is 0 Å². The summed E-state index contributed by atoms with van der Waals surface area (Å²) in [5.74, 6) is 0. The zero-order valence-electron chi connectivity index (χ0n) is 35.6. The van der Waals surface area contributed by atoms with Crippen LogP contribution in [0.3, 0.4) is 0 Å². The number of benzene rings is 9. The molecule has 9 aromatic carbocycles. The van der Waals surface area contributed by atoms with Crippen molar-refractivity contribution in [1.29, 1.82) is 0 Å². The Morgan fingerprint density at radius 1 is 0.438 bits per heavy atom. The van der Waals surface area contributed by atoms with Gasteiger partial charge >= 0.3 is 0 Å². The maximum atomic E-state index is 4.70. The summed E-state index contributed by atoms with van der Waals surface area (Å²) in [6.07, 6.45) is 8.30. The first-order chi connectivity index (χ1) is 31.7. The Kier molecular flexibility index (Phi) is 9.91. The summed E-state index contributed by atoms with van der Waals surface area (Å²) in [5, 5.41) is 6.07. The van der Waals surface area contributed by atoms with Crippen LogP contribution < -0.4 is 4.90 Å². The molecule has 0 radical (unpaired) electrons. The fraction of sp³-hybridized carbons (Fsp3) is 0.0164. The fourth-order valence-corrected chi connectivity index (χ4v) is 9.55. The van der Waals surface area contributed by atoms with E-state index in [-0.39, 0.29) is 0 Å². The minimum Gasteiger partial charge on any atom is -0.311 e. The number of para-hydroxylation sites is 4. The van der Waals surface area contributed by atoms with E-state index in [1.165, 1.54) is 43.5 Å². The first-order valence-corrected chi connectivity index (χ1v) is 21.9. The third-order valence-electron chi connectivity index (χ3n) is 12.3. The van der Waals surface area contributed by atoms with Crippen LogP contribution >= 0.6 is 0 Å². The molecule has 0 unspecified atom stereocenters. The van der Waals surface area contributed by atoms with Gasteiger partial charge in [-0.1, -0.05) is 170 Å². The first-order valence-electron chi connectivity index (χ1n) is 21.9. The van der Waals surface area contributed by atoms with Crippen LogP contribution in [0.5, 0.6) is 0 Å². The molecular formula is C61H45N3. The molecule has 2 heterocycles. The van der Waals surface area contributed by atoms with Crippen molar-refractivity contribution in [2.45, 2.75) is 6.92 Å². The zero-order valence-corrected chi connectivity index (χ0v) is 35.6. The minimum absolute atomic E-state index is 0.941. The molecule has 0 amide bonds. The molecule has 0 saturated carbocycles. The molecule has 0 atom stereocenters. The van der Waals surface area contributed by atoms with Gasteiger partial charge in [-0.3, -0.25) is 0 Å². The second kappa shape index (κ2) is 16.5. The van der Waals surface area contributed by atoms with Crippen molar-refractivity contribution in [1.82, 2.24) is 9.13 Å². The van der Waals surface area contributed by atoms with Crippen molar-refractivity contribution in [3.05, 3.63) is 255 Å². The molecule has 0 spiro atoms. The lowest BCUT2D eigenvalue weighted by Crippen LogP contribution is -2.10. The molecule has 11 aromatic rings. The van der Waals surface area contributed by atoms with Gasteiger partial charge < -0.3 is 14.0 Å². The van der Waals surface area contributed by atoms with E-state index in [2.05, 4.69) is 251 Å². The van der Waals surface area contributed by atoms with Gasteiger partial charge in [0.1, 0.15) is 0 Å². The summed E-state index contributed by atoms with van der Waals surface area (Å²) in [5.41, 5.74) is 15.7. The molecule has 0 aliphatic carbocycles. The zero-order chi connectivity index (χ0) is 43.0. The molecule has 3 nitrogen and oxygen atoms in total. The van der Waals surface area contributed by atoms with Crippen LogP contribution in [0.1, 0.15) is 12.6 Å². The van der Waals surface area contributed by atoms with Crippen LogP contribution in [0.15, 0.2) is 249 Å². The standard InChI is InChI=1S/C61H45N3/c1-3-4-8-21-43(2)60-59(45-22-9-5-10-23-45)56-42-55(51-28-15-16-31-54(51)61(56)64(60)47-26-13-7-14-27-47)44-34-36-48(37-35-44)62(46-24-11-6-12-25-46)49-38-40-50(41-39-49)63-57-32-19-17-29-52(57)53-30-18-20-33-58(53)63/h3-42H,2H2,1H3/b4-3-,21-8-. The fourth-order valence-electron chi connectivity index (χ4n) is 9.55. The van der Waals surface area contributed by atoms with E-state index in [0.717, 1.165) is 61.9 Å². The third kappa shape index (κ3) is 6.63. The van der Waals surface area contributed by atoms with Crippen LogP contribution in [0.25, 0.3) is 82.7 Å². The summed E-state index contributed by atoms with van der Waals surface area (Å²) in [6, 6.07) is 78.7. The predicted octanol–water partition coefficient (Wildman–Crippen LogP) is 16.8. The number of fused-ring (bicyclic) bond motifs is 6. The maximum absolute atomic E-state index is 4.70. The number of anilines is 3. The third-order valence-corrected chi connectivity index (χ3v) is 12.3. The molecule has 3 heteroatoms. The number of aromatic nitrogens is 2. The SMILES string of the molecule is C=C(/C=C\C=C/C)c1c(-c2ccccc2)c2cc(-c3ccc(N(c4ccccc4)c4ccc(-n5c6ccccc6c6ccccc65)cc4)cc3)c3ccccc3c2n1-c1ccccc1. The summed E-state index contributed by atoms with van der Waals surface area (Å²) >= 11 is 0. The lowest BCUT2D eigenvalue weighted by molar-refractivity contribution is 1.11. The summed E-state index contributed by atoms with van der Waals surface area (Å²) < 4.78 is 4.79. The molecule has 0 saturated heterocycles. The van der Waals surface area contributed by atoms with E-state index in [4.69, 9.17) is 6.58 Å². The van der Waals surface area contributed by atoms with Crippen LogP contribution in [-0.4, -0.2) is 9.13 Å². The Bertz CT molecular complexity index is 3480. The monoisotopic (exact) mass is 819 g/mol. The summed E-state index contributed by atoms with van der Waals surface area (Å²) in [6.45, 7) is 6.73. The van der Waals surface area contributed by atoms with Gasteiger partial charge in [0.05, 0.1) is 22.2 Å². The Labute approximate surface area is 374 Å². The first kappa shape index (κ1) is 38.5. The quantitative estimate of drug-likeness (QED) is 0.125. The topological polar surface area (TPSA) is 13.1 Å². The van der Waals surface area contributed by atoms with E-state index in [9.17, 15) is 0 Å². The molecule has 0 aliphatic rings. The van der Waals surface area contributed by atoms with Gasteiger partial charge in [0.2, 0.25) is 0 Å². The Morgan fingerprint density at radius 3 is 1.56 bits per heavy atom. The van der Waals surface area contributed by atoms with Crippen LogP contribution in [-0.2, 0) is 0 Å². The number of nitrogens with zero attached hydrogens (tertiary/aromatic N) is 3. The van der Waals surface area contributed by atoms with Gasteiger partial charge in [0.25, 0.3) is 0 Å². The van der Waals surface area contributed by atoms with Crippen LogP contribution in [0, 0.1) is 0 Å². The van der Waals surface area contributed by atoms with Gasteiger partial charge in [-0.15, -0.1) is 0 Å². The van der Waals surface area contributed by atoms with E-state index >= 15 is 0 Å². The summed E-state index contributed by atoms with van der Waals surface area (Å²) in [7, 11) is 0. The van der Waals surface area contributed by atoms with Crippen molar-refractivity contribution in [3.63, 3.8) is 0 Å². The second-order valence-electron chi connectivity index (χ2n) is 16.1. The van der Waals surface area contributed by atoms with Crippen LogP contribution in [0.2, 0.25) is 0 Å². The summed E-state index contributed by atoms with van der Waals surface area (Å²) in [4.78, 5) is 2.34.